The van der Waals surface area contributed by atoms with E-state index < -0.39 is 0 Å². The van der Waals surface area contributed by atoms with Crippen molar-refractivity contribution in [1.82, 2.24) is 10.2 Å². The first-order valence-electron chi connectivity index (χ1n) is 8.15. The van der Waals surface area contributed by atoms with Gasteiger partial charge in [0.25, 0.3) is 0 Å². The molecule has 0 bridgehead atoms. The molecular weight excluding hydrogens is 276 g/mol. The highest BCUT2D eigenvalue weighted by Gasteiger charge is 2.20. The smallest absolute Gasteiger partial charge is 0.0327 e. The highest BCUT2D eigenvalue weighted by Crippen LogP contribution is 2.31. The van der Waals surface area contributed by atoms with Crippen molar-refractivity contribution in [3.05, 3.63) is 46.7 Å². The van der Waals surface area contributed by atoms with Crippen LogP contribution in [0, 0.1) is 5.92 Å². The largest absolute Gasteiger partial charge is 0.310 e. The Morgan fingerprint density at radius 3 is 2.76 bits per heavy atom. The van der Waals surface area contributed by atoms with Gasteiger partial charge in [-0.2, -0.15) is 0 Å². The third kappa shape index (κ3) is 4.80. The van der Waals surface area contributed by atoms with Gasteiger partial charge in [-0.3, -0.25) is 4.90 Å². The van der Waals surface area contributed by atoms with Crippen molar-refractivity contribution in [2.45, 2.75) is 38.3 Å². The minimum absolute atomic E-state index is 0.673. The number of allylic oxidation sites excluding steroid dienone is 1. The molecule has 1 aromatic heterocycles. The molecule has 2 nitrogen and oxygen atoms in total. The van der Waals surface area contributed by atoms with Gasteiger partial charge in [0.15, 0.2) is 0 Å². The van der Waals surface area contributed by atoms with Gasteiger partial charge in [-0.15, -0.1) is 11.3 Å². The lowest BCUT2D eigenvalue weighted by molar-refractivity contribution is 0.194. The quantitative estimate of drug-likeness (QED) is 0.770. The topological polar surface area (TPSA) is 15.3 Å². The SMILES string of the molecule is C=C/C(=C\C1CC1)CNC1CCN(Cc2cccs2)CC1. The summed E-state index contributed by atoms with van der Waals surface area (Å²) >= 11 is 1.87. The van der Waals surface area contributed by atoms with Crippen LogP contribution in [-0.2, 0) is 6.54 Å². The maximum Gasteiger partial charge on any atom is 0.0327 e. The Labute approximate surface area is 132 Å². The molecule has 2 fully saturated rings. The van der Waals surface area contributed by atoms with Crippen LogP contribution in [0.4, 0.5) is 0 Å². The van der Waals surface area contributed by atoms with Gasteiger partial charge in [-0.1, -0.05) is 24.8 Å². The van der Waals surface area contributed by atoms with E-state index in [1.807, 2.05) is 17.4 Å². The van der Waals surface area contributed by atoms with Gasteiger partial charge in [-0.05, 0) is 61.7 Å². The third-order valence-corrected chi connectivity index (χ3v) is 5.34. The van der Waals surface area contributed by atoms with Gasteiger partial charge in [-0.25, -0.2) is 0 Å². The van der Waals surface area contributed by atoms with E-state index in [0.717, 1.165) is 19.0 Å². The van der Waals surface area contributed by atoms with Crippen molar-refractivity contribution in [3.63, 3.8) is 0 Å². The molecule has 0 unspecified atom stereocenters. The van der Waals surface area contributed by atoms with Crippen LogP contribution >= 0.6 is 11.3 Å². The van der Waals surface area contributed by atoms with Gasteiger partial charge in [0.1, 0.15) is 0 Å². The Bertz CT molecular complexity index is 465. The third-order valence-electron chi connectivity index (χ3n) is 4.48. The van der Waals surface area contributed by atoms with E-state index in [1.54, 1.807) is 0 Å². The number of likely N-dealkylation sites (tertiary alicyclic amines) is 1. The lowest BCUT2D eigenvalue weighted by Crippen LogP contribution is -2.42. The number of thiophene rings is 1. The van der Waals surface area contributed by atoms with E-state index in [0.29, 0.717) is 6.04 Å². The minimum atomic E-state index is 0.673. The summed E-state index contributed by atoms with van der Waals surface area (Å²) in [5.41, 5.74) is 1.39. The minimum Gasteiger partial charge on any atom is -0.310 e. The predicted molar refractivity (Wildman–Crippen MR) is 91.6 cm³/mol. The molecule has 0 atom stereocenters. The summed E-state index contributed by atoms with van der Waals surface area (Å²) < 4.78 is 0. The molecule has 2 heterocycles. The summed E-state index contributed by atoms with van der Waals surface area (Å²) in [7, 11) is 0. The molecule has 1 N–H and O–H groups in total. The maximum absolute atomic E-state index is 3.94. The molecular formula is C18H26N2S. The van der Waals surface area contributed by atoms with Gasteiger partial charge >= 0.3 is 0 Å². The zero-order valence-electron chi connectivity index (χ0n) is 12.8. The van der Waals surface area contributed by atoms with Gasteiger partial charge in [0.05, 0.1) is 0 Å². The van der Waals surface area contributed by atoms with Gasteiger partial charge in [0, 0.05) is 24.0 Å². The van der Waals surface area contributed by atoms with Crippen molar-refractivity contribution in [1.29, 1.82) is 0 Å². The zero-order chi connectivity index (χ0) is 14.5. The van der Waals surface area contributed by atoms with Crippen LogP contribution in [0.1, 0.15) is 30.6 Å². The van der Waals surface area contributed by atoms with E-state index in [-0.39, 0.29) is 0 Å². The second-order valence-corrected chi connectivity index (χ2v) is 7.33. The lowest BCUT2D eigenvalue weighted by Gasteiger charge is -2.32. The molecule has 114 valence electrons. The fourth-order valence-corrected chi connectivity index (χ4v) is 3.69. The molecule has 1 saturated carbocycles. The summed E-state index contributed by atoms with van der Waals surface area (Å²) in [5.74, 6) is 0.840. The number of nitrogens with one attached hydrogen (secondary N) is 1. The van der Waals surface area contributed by atoms with Crippen molar-refractivity contribution in [2.75, 3.05) is 19.6 Å². The van der Waals surface area contributed by atoms with Gasteiger partial charge < -0.3 is 5.32 Å². The molecule has 0 radical (unpaired) electrons. The number of piperidine rings is 1. The molecule has 0 spiro atoms. The first-order valence-corrected chi connectivity index (χ1v) is 9.02. The first kappa shape index (κ1) is 15.0. The Morgan fingerprint density at radius 2 is 2.14 bits per heavy atom. The molecule has 1 aliphatic carbocycles. The molecule has 0 amide bonds. The molecule has 3 heteroatoms. The highest BCUT2D eigenvalue weighted by molar-refractivity contribution is 7.09. The Hall–Kier alpha value is -0.900. The summed E-state index contributed by atoms with van der Waals surface area (Å²) in [6.45, 7) is 8.50. The van der Waals surface area contributed by atoms with Crippen LogP contribution in [0.25, 0.3) is 0 Å². The van der Waals surface area contributed by atoms with Crippen molar-refractivity contribution >= 4 is 11.3 Å². The number of rotatable bonds is 7. The van der Waals surface area contributed by atoms with Crippen LogP contribution in [0.15, 0.2) is 41.8 Å². The summed E-state index contributed by atoms with van der Waals surface area (Å²) in [4.78, 5) is 4.07. The molecule has 2 aliphatic rings. The zero-order valence-corrected chi connectivity index (χ0v) is 13.6. The summed E-state index contributed by atoms with van der Waals surface area (Å²) in [5, 5.41) is 5.89. The highest BCUT2D eigenvalue weighted by atomic mass is 32.1. The van der Waals surface area contributed by atoms with Crippen molar-refractivity contribution < 1.29 is 0 Å². The molecule has 1 aromatic rings. The number of nitrogens with zero attached hydrogens (tertiary/aromatic N) is 1. The van der Waals surface area contributed by atoms with E-state index in [9.17, 15) is 0 Å². The average molecular weight is 302 g/mol. The molecule has 1 saturated heterocycles. The van der Waals surface area contributed by atoms with Crippen LogP contribution in [0.5, 0.6) is 0 Å². The molecule has 0 aromatic carbocycles. The van der Waals surface area contributed by atoms with Crippen LogP contribution in [0.3, 0.4) is 0 Å². The van der Waals surface area contributed by atoms with E-state index in [1.165, 1.54) is 49.2 Å². The summed E-state index contributed by atoms with van der Waals surface area (Å²) in [6.07, 6.45) is 9.71. The van der Waals surface area contributed by atoms with Crippen LogP contribution < -0.4 is 5.32 Å². The first-order chi connectivity index (χ1) is 10.3. The number of hydrogen-bond donors (Lipinski definition) is 1. The fourth-order valence-electron chi connectivity index (χ4n) is 2.95. The fraction of sp³-hybridized carbons (Fsp3) is 0.556. The second kappa shape index (κ2) is 7.39. The second-order valence-electron chi connectivity index (χ2n) is 6.29. The normalized spacial score (nSPS) is 21.6. The number of hydrogen-bond acceptors (Lipinski definition) is 3. The van der Waals surface area contributed by atoms with Crippen molar-refractivity contribution in [3.8, 4) is 0 Å². The Kier molecular flexibility index (Phi) is 5.28. The Morgan fingerprint density at radius 1 is 1.33 bits per heavy atom. The van der Waals surface area contributed by atoms with E-state index in [2.05, 4.69) is 40.4 Å². The lowest BCUT2D eigenvalue weighted by atomic mass is 10.0. The van der Waals surface area contributed by atoms with E-state index in [4.69, 9.17) is 0 Å². The van der Waals surface area contributed by atoms with Crippen LogP contribution in [-0.4, -0.2) is 30.6 Å². The molecule has 1 aliphatic heterocycles. The Balaban J connectivity index is 1.38. The van der Waals surface area contributed by atoms with E-state index >= 15 is 0 Å². The standard InChI is InChI=1S/C18H26N2S/c1-2-15(12-16-5-6-16)13-19-17-7-9-20(10-8-17)14-18-4-3-11-21-18/h2-4,11-12,16-17,19H,1,5-10,13-14H2/b15-12+. The average Bonchev–Trinajstić information content (AvgIpc) is 3.19. The van der Waals surface area contributed by atoms with Gasteiger partial charge in [0.2, 0.25) is 0 Å². The maximum atomic E-state index is 3.94. The van der Waals surface area contributed by atoms with Crippen molar-refractivity contribution in [2.24, 2.45) is 5.92 Å². The summed E-state index contributed by atoms with van der Waals surface area (Å²) in [6, 6.07) is 5.07. The molecule has 3 rings (SSSR count). The van der Waals surface area contributed by atoms with Crippen LogP contribution in [0.2, 0.25) is 0 Å². The molecule has 21 heavy (non-hydrogen) atoms. The monoisotopic (exact) mass is 302 g/mol. The predicted octanol–water partition coefficient (Wildman–Crippen LogP) is 3.82.